The summed E-state index contributed by atoms with van der Waals surface area (Å²) in [5, 5.41) is 3.07. The largest absolute Gasteiger partial charge is 0.355 e. The number of rotatable bonds is 6. The molecule has 22 heavy (non-hydrogen) atoms. The van der Waals surface area contributed by atoms with Crippen LogP contribution in [0.25, 0.3) is 0 Å². The maximum atomic E-state index is 12.3. The highest BCUT2D eigenvalue weighted by atomic mass is 35.5. The first-order valence-corrected chi connectivity index (χ1v) is 7.49. The van der Waals surface area contributed by atoms with Crippen molar-refractivity contribution in [3.05, 3.63) is 35.9 Å². The van der Waals surface area contributed by atoms with Crippen LogP contribution in [-0.2, 0) is 4.79 Å². The normalized spacial score (nSPS) is 18.9. The van der Waals surface area contributed by atoms with Gasteiger partial charge in [0.15, 0.2) is 0 Å². The summed E-state index contributed by atoms with van der Waals surface area (Å²) in [5.41, 5.74) is 6.76. The molecule has 1 amide bonds. The molecule has 0 bridgehead atoms. The van der Waals surface area contributed by atoms with Crippen LogP contribution >= 0.6 is 24.8 Å². The molecule has 2 unspecified atom stereocenters. The number of likely N-dealkylation sites (tertiary alicyclic amines) is 1. The van der Waals surface area contributed by atoms with Crippen molar-refractivity contribution in [2.75, 3.05) is 32.7 Å². The molecule has 1 aromatic carbocycles. The van der Waals surface area contributed by atoms with E-state index in [4.69, 9.17) is 5.73 Å². The van der Waals surface area contributed by atoms with Gasteiger partial charge >= 0.3 is 0 Å². The lowest BCUT2D eigenvalue weighted by atomic mass is 9.98. The van der Waals surface area contributed by atoms with E-state index in [1.165, 1.54) is 6.42 Å². The predicted molar refractivity (Wildman–Crippen MR) is 96.0 cm³/mol. The minimum atomic E-state index is -0.236. The van der Waals surface area contributed by atoms with Crippen molar-refractivity contribution >= 4 is 30.7 Å². The minimum Gasteiger partial charge on any atom is -0.355 e. The van der Waals surface area contributed by atoms with Crippen LogP contribution < -0.4 is 11.1 Å². The van der Waals surface area contributed by atoms with E-state index in [1.54, 1.807) is 0 Å². The molecule has 0 aromatic heterocycles. The van der Waals surface area contributed by atoms with Crippen molar-refractivity contribution in [1.29, 1.82) is 0 Å². The van der Waals surface area contributed by atoms with Crippen LogP contribution in [0.4, 0.5) is 0 Å². The highest BCUT2D eigenvalue weighted by molar-refractivity contribution is 5.85. The van der Waals surface area contributed by atoms with Crippen molar-refractivity contribution in [3.8, 4) is 0 Å². The van der Waals surface area contributed by atoms with E-state index in [-0.39, 0.29) is 36.6 Å². The third-order valence-electron chi connectivity index (χ3n) is 4.14. The topological polar surface area (TPSA) is 58.4 Å². The number of benzene rings is 1. The predicted octanol–water partition coefficient (Wildman–Crippen LogP) is 2.03. The number of hydrogen-bond acceptors (Lipinski definition) is 3. The van der Waals surface area contributed by atoms with Crippen LogP contribution in [0.15, 0.2) is 30.3 Å². The van der Waals surface area contributed by atoms with E-state index < -0.39 is 0 Å². The van der Waals surface area contributed by atoms with Gasteiger partial charge in [0.05, 0.1) is 5.92 Å². The van der Waals surface area contributed by atoms with Gasteiger partial charge in [0.1, 0.15) is 0 Å². The fourth-order valence-corrected chi connectivity index (χ4v) is 2.81. The van der Waals surface area contributed by atoms with Crippen LogP contribution in [-0.4, -0.2) is 43.5 Å². The Morgan fingerprint density at radius 3 is 2.59 bits per heavy atom. The fourth-order valence-electron chi connectivity index (χ4n) is 2.81. The van der Waals surface area contributed by atoms with Crippen molar-refractivity contribution in [3.63, 3.8) is 0 Å². The van der Waals surface area contributed by atoms with Crippen LogP contribution in [0.2, 0.25) is 0 Å². The second kappa shape index (κ2) is 10.8. The highest BCUT2D eigenvalue weighted by Crippen LogP contribution is 2.17. The van der Waals surface area contributed by atoms with E-state index >= 15 is 0 Å². The average molecular weight is 348 g/mol. The monoisotopic (exact) mass is 347 g/mol. The molecule has 1 fully saturated rings. The number of hydrogen-bond donors (Lipinski definition) is 2. The second-order valence-electron chi connectivity index (χ2n) is 5.49. The molecule has 1 aliphatic rings. The molecule has 1 saturated heterocycles. The van der Waals surface area contributed by atoms with Gasteiger partial charge in [-0.25, -0.2) is 0 Å². The molecular weight excluding hydrogens is 321 g/mol. The lowest BCUT2D eigenvalue weighted by Crippen LogP contribution is -2.37. The summed E-state index contributed by atoms with van der Waals surface area (Å²) < 4.78 is 0. The quantitative estimate of drug-likeness (QED) is 0.827. The van der Waals surface area contributed by atoms with Gasteiger partial charge in [-0.05, 0) is 31.0 Å². The van der Waals surface area contributed by atoms with Gasteiger partial charge in [-0.3, -0.25) is 4.79 Å². The summed E-state index contributed by atoms with van der Waals surface area (Å²) in [6.07, 6.45) is 1.17. The van der Waals surface area contributed by atoms with Crippen molar-refractivity contribution in [1.82, 2.24) is 10.2 Å². The van der Waals surface area contributed by atoms with E-state index in [0.29, 0.717) is 12.5 Å². The van der Waals surface area contributed by atoms with Crippen LogP contribution in [0.3, 0.4) is 0 Å². The van der Waals surface area contributed by atoms with Crippen molar-refractivity contribution < 1.29 is 4.79 Å². The zero-order valence-corrected chi connectivity index (χ0v) is 14.7. The van der Waals surface area contributed by atoms with Gasteiger partial charge < -0.3 is 16.0 Å². The van der Waals surface area contributed by atoms with Crippen molar-refractivity contribution in [2.45, 2.75) is 19.3 Å². The molecule has 2 rings (SSSR count). The number of nitrogens with zero attached hydrogens (tertiary/aromatic N) is 1. The van der Waals surface area contributed by atoms with Gasteiger partial charge in [-0.2, -0.15) is 0 Å². The van der Waals surface area contributed by atoms with E-state index in [1.807, 2.05) is 30.3 Å². The van der Waals surface area contributed by atoms with Gasteiger partial charge in [0.2, 0.25) is 5.91 Å². The van der Waals surface area contributed by atoms with Gasteiger partial charge in [0, 0.05) is 19.6 Å². The first-order chi connectivity index (χ1) is 9.74. The fraction of sp³-hybridized carbons (Fsp3) is 0.562. The maximum absolute atomic E-state index is 12.3. The smallest absolute Gasteiger partial charge is 0.228 e. The molecule has 6 heteroatoms. The van der Waals surface area contributed by atoms with Crippen LogP contribution in [0, 0.1) is 5.92 Å². The average Bonchev–Trinajstić information content (AvgIpc) is 2.95. The van der Waals surface area contributed by atoms with E-state index in [0.717, 1.165) is 31.7 Å². The number of carbonyl (C=O) groups excluding carboxylic acids is 1. The SMILES string of the molecule is CCN1CCC(CNC(=O)C(CN)c2ccccc2)C1.Cl.Cl. The minimum absolute atomic E-state index is 0. The van der Waals surface area contributed by atoms with Gasteiger partial charge in [0.25, 0.3) is 0 Å². The van der Waals surface area contributed by atoms with E-state index in [2.05, 4.69) is 17.1 Å². The Balaban J connectivity index is 0.00000220. The molecule has 2 atom stereocenters. The van der Waals surface area contributed by atoms with Gasteiger partial charge in [-0.1, -0.05) is 37.3 Å². The Hall–Kier alpha value is -0.810. The third-order valence-corrected chi connectivity index (χ3v) is 4.14. The molecule has 126 valence electrons. The first-order valence-electron chi connectivity index (χ1n) is 7.49. The number of halogens is 2. The Kier molecular flexibility index (Phi) is 10.4. The van der Waals surface area contributed by atoms with Crippen LogP contribution in [0.5, 0.6) is 0 Å². The number of nitrogens with one attached hydrogen (secondary N) is 1. The Labute approximate surface area is 145 Å². The van der Waals surface area contributed by atoms with Crippen molar-refractivity contribution in [2.24, 2.45) is 11.7 Å². The molecule has 1 aromatic rings. The third kappa shape index (κ3) is 5.76. The molecule has 0 saturated carbocycles. The Bertz CT molecular complexity index is 431. The van der Waals surface area contributed by atoms with E-state index in [9.17, 15) is 4.79 Å². The zero-order chi connectivity index (χ0) is 14.4. The Morgan fingerprint density at radius 1 is 1.36 bits per heavy atom. The molecular formula is C16H27Cl2N3O. The number of carbonyl (C=O) groups is 1. The Morgan fingerprint density at radius 2 is 2.05 bits per heavy atom. The summed E-state index contributed by atoms with van der Waals surface area (Å²) in [4.78, 5) is 14.7. The molecule has 0 spiro atoms. The summed E-state index contributed by atoms with van der Waals surface area (Å²) in [5.74, 6) is 0.390. The zero-order valence-electron chi connectivity index (χ0n) is 13.0. The summed E-state index contributed by atoms with van der Waals surface area (Å²) >= 11 is 0. The second-order valence-corrected chi connectivity index (χ2v) is 5.49. The lowest BCUT2D eigenvalue weighted by Gasteiger charge is -2.18. The summed E-state index contributed by atoms with van der Waals surface area (Å²) in [7, 11) is 0. The van der Waals surface area contributed by atoms with Crippen LogP contribution in [0.1, 0.15) is 24.8 Å². The highest BCUT2D eigenvalue weighted by Gasteiger charge is 2.23. The lowest BCUT2D eigenvalue weighted by molar-refractivity contribution is -0.122. The molecule has 0 aliphatic carbocycles. The standard InChI is InChI=1S/C16H25N3O.2ClH/c1-2-19-9-8-13(12-19)11-18-16(20)15(10-17)14-6-4-3-5-7-14;;/h3-7,13,15H,2,8-12,17H2,1H3,(H,18,20);2*1H. The molecule has 1 aliphatic heterocycles. The molecule has 1 heterocycles. The molecule has 3 N–H and O–H groups in total. The number of amides is 1. The number of nitrogens with two attached hydrogens (primary N) is 1. The maximum Gasteiger partial charge on any atom is 0.228 e. The van der Waals surface area contributed by atoms with Gasteiger partial charge in [-0.15, -0.1) is 24.8 Å². The summed E-state index contributed by atoms with van der Waals surface area (Å²) in [6.45, 7) is 6.63. The molecule has 0 radical (unpaired) electrons. The molecule has 4 nitrogen and oxygen atoms in total. The summed E-state index contributed by atoms with van der Waals surface area (Å²) in [6, 6.07) is 9.77. The first kappa shape index (κ1) is 21.2.